The summed E-state index contributed by atoms with van der Waals surface area (Å²) < 4.78 is 32.0. The van der Waals surface area contributed by atoms with E-state index in [1.165, 1.54) is 15.2 Å². The van der Waals surface area contributed by atoms with E-state index in [0.717, 1.165) is 17.8 Å². The number of aromatic nitrogens is 1. The summed E-state index contributed by atoms with van der Waals surface area (Å²) in [5, 5.41) is 1.11. The summed E-state index contributed by atoms with van der Waals surface area (Å²) in [6, 6.07) is 3.08. The minimum atomic E-state index is -3.52. The van der Waals surface area contributed by atoms with E-state index in [1.807, 2.05) is 13.1 Å². The lowest BCUT2D eigenvalue weighted by molar-refractivity contribution is 0.307. The zero-order valence-electron chi connectivity index (χ0n) is 11.5. The smallest absolute Gasteiger partial charge is 0.276 e. The highest BCUT2D eigenvalue weighted by Gasteiger charge is 2.32. The van der Waals surface area contributed by atoms with Gasteiger partial charge in [0.05, 0.1) is 5.01 Å². The second-order valence-electron chi connectivity index (χ2n) is 5.05. The molecule has 0 aliphatic carbocycles. The summed E-state index contributed by atoms with van der Waals surface area (Å²) in [6.07, 6.45) is 3.48. The van der Waals surface area contributed by atoms with Crippen molar-refractivity contribution in [3.63, 3.8) is 0 Å². The minimum absolute atomic E-state index is 0.00193. The topological polar surface area (TPSA) is 63.4 Å². The predicted molar refractivity (Wildman–Crippen MR) is 84.0 cm³/mol. The van der Waals surface area contributed by atoms with Crippen molar-refractivity contribution in [1.82, 2.24) is 9.29 Å². The molecule has 5 nitrogen and oxygen atoms in total. The molecule has 0 unspecified atom stereocenters. The SMILES string of the molecule is Cc1cnc(C2CCN(S(=O)(=O)c3ccc(Br)o3)CC2)s1. The van der Waals surface area contributed by atoms with Crippen LogP contribution in [0.2, 0.25) is 0 Å². The Hall–Kier alpha value is -0.700. The van der Waals surface area contributed by atoms with Crippen LogP contribution in [0, 0.1) is 6.92 Å². The van der Waals surface area contributed by atoms with Crippen LogP contribution in [0.4, 0.5) is 0 Å². The Kier molecular flexibility index (Phi) is 4.22. The molecule has 1 aliphatic heterocycles. The second-order valence-corrected chi connectivity index (χ2v) is 8.96. The largest absolute Gasteiger partial charge is 0.437 e. The first-order valence-electron chi connectivity index (χ1n) is 6.64. The van der Waals surface area contributed by atoms with Crippen LogP contribution in [0.3, 0.4) is 0 Å². The van der Waals surface area contributed by atoms with Gasteiger partial charge >= 0.3 is 0 Å². The van der Waals surface area contributed by atoms with Crippen LogP contribution in [0.15, 0.2) is 32.5 Å². The molecule has 2 aromatic rings. The van der Waals surface area contributed by atoms with Crippen LogP contribution >= 0.6 is 27.3 Å². The van der Waals surface area contributed by atoms with E-state index in [1.54, 1.807) is 17.4 Å². The van der Waals surface area contributed by atoms with Crippen LogP contribution in [-0.4, -0.2) is 30.8 Å². The number of nitrogens with zero attached hydrogens (tertiary/aromatic N) is 2. The predicted octanol–water partition coefficient (Wildman–Crippen LogP) is 3.38. The van der Waals surface area contributed by atoms with Gasteiger partial charge in [-0.2, -0.15) is 4.31 Å². The van der Waals surface area contributed by atoms with Crippen LogP contribution in [0.25, 0.3) is 0 Å². The van der Waals surface area contributed by atoms with E-state index in [4.69, 9.17) is 4.42 Å². The minimum Gasteiger partial charge on any atom is -0.437 e. The van der Waals surface area contributed by atoms with Crippen molar-refractivity contribution in [3.8, 4) is 0 Å². The summed E-state index contributed by atoms with van der Waals surface area (Å²) in [4.78, 5) is 5.61. The highest BCUT2D eigenvalue weighted by Crippen LogP contribution is 2.33. The molecule has 0 amide bonds. The molecule has 1 saturated heterocycles. The van der Waals surface area contributed by atoms with Crippen LogP contribution < -0.4 is 0 Å². The molecule has 0 radical (unpaired) electrons. The van der Waals surface area contributed by atoms with Gasteiger partial charge in [-0.15, -0.1) is 11.3 Å². The van der Waals surface area contributed by atoms with Gasteiger partial charge in [0.1, 0.15) is 0 Å². The third kappa shape index (κ3) is 3.08. The standard InChI is InChI=1S/C13H15BrN2O3S2/c1-9-8-15-13(20-9)10-4-6-16(7-5-10)21(17,18)12-3-2-11(14)19-12/h2-3,8,10H,4-7H2,1H3. The van der Waals surface area contributed by atoms with Crippen molar-refractivity contribution in [2.75, 3.05) is 13.1 Å². The van der Waals surface area contributed by atoms with Crippen LogP contribution in [0.5, 0.6) is 0 Å². The molecule has 0 saturated carbocycles. The second kappa shape index (κ2) is 5.83. The number of hydrogen-bond donors (Lipinski definition) is 0. The molecule has 0 N–H and O–H groups in total. The van der Waals surface area contributed by atoms with Gasteiger partial charge in [-0.25, -0.2) is 13.4 Å². The van der Waals surface area contributed by atoms with Gasteiger partial charge in [0.15, 0.2) is 4.67 Å². The average molecular weight is 391 g/mol. The summed E-state index contributed by atoms with van der Waals surface area (Å²) in [7, 11) is -3.52. The molecular formula is C13H15BrN2O3S2. The number of sulfonamides is 1. The Balaban J connectivity index is 1.71. The van der Waals surface area contributed by atoms with Gasteiger partial charge in [0.25, 0.3) is 10.0 Å². The maximum absolute atomic E-state index is 12.4. The van der Waals surface area contributed by atoms with Crippen molar-refractivity contribution < 1.29 is 12.8 Å². The fourth-order valence-electron chi connectivity index (χ4n) is 2.47. The Labute approximate surface area is 136 Å². The molecule has 114 valence electrons. The molecule has 2 aromatic heterocycles. The molecule has 21 heavy (non-hydrogen) atoms. The fourth-order valence-corrected chi connectivity index (χ4v) is 5.21. The molecule has 8 heteroatoms. The van der Waals surface area contributed by atoms with Crippen molar-refractivity contribution in [2.24, 2.45) is 0 Å². The Morgan fingerprint density at radius 2 is 2.10 bits per heavy atom. The van der Waals surface area contributed by atoms with Crippen molar-refractivity contribution in [2.45, 2.75) is 30.8 Å². The van der Waals surface area contributed by atoms with Gasteiger partial charge < -0.3 is 4.42 Å². The zero-order chi connectivity index (χ0) is 15.0. The monoisotopic (exact) mass is 390 g/mol. The number of hydrogen-bond acceptors (Lipinski definition) is 5. The number of aryl methyl sites for hydroxylation is 1. The number of halogens is 1. The Morgan fingerprint density at radius 3 is 2.62 bits per heavy atom. The van der Waals surface area contributed by atoms with E-state index >= 15 is 0 Å². The van der Waals surface area contributed by atoms with Gasteiger partial charge in [-0.3, -0.25) is 0 Å². The van der Waals surface area contributed by atoms with E-state index in [-0.39, 0.29) is 5.09 Å². The highest BCUT2D eigenvalue weighted by molar-refractivity contribution is 9.10. The third-order valence-corrected chi connectivity index (χ3v) is 6.86. The lowest BCUT2D eigenvalue weighted by Gasteiger charge is -2.29. The lowest BCUT2D eigenvalue weighted by atomic mass is 9.99. The van der Waals surface area contributed by atoms with Crippen molar-refractivity contribution in [1.29, 1.82) is 0 Å². The molecular weight excluding hydrogens is 376 g/mol. The van der Waals surface area contributed by atoms with Crippen molar-refractivity contribution in [3.05, 3.63) is 32.9 Å². The maximum Gasteiger partial charge on any atom is 0.276 e. The first-order chi connectivity index (χ1) is 9.96. The molecule has 3 rings (SSSR count). The Bertz CT molecular complexity index is 730. The van der Waals surface area contributed by atoms with E-state index in [9.17, 15) is 8.42 Å². The fraction of sp³-hybridized carbons (Fsp3) is 0.462. The molecule has 0 spiro atoms. The summed E-state index contributed by atoms with van der Waals surface area (Å²) >= 11 is 4.83. The average Bonchev–Trinajstić information content (AvgIpc) is 3.08. The molecule has 0 atom stereocenters. The zero-order valence-corrected chi connectivity index (χ0v) is 14.7. The first kappa shape index (κ1) is 15.2. The summed E-state index contributed by atoms with van der Waals surface area (Å²) in [5.74, 6) is 0.360. The number of furan rings is 1. The van der Waals surface area contributed by atoms with E-state index < -0.39 is 10.0 Å². The van der Waals surface area contributed by atoms with Gasteiger partial charge in [-0.05, 0) is 47.8 Å². The maximum atomic E-state index is 12.4. The molecule has 0 bridgehead atoms. The quantitative estimate of drug-likeness (QED) is 0.805. The number of piperidine rings is 1. The highest BCUT2D eigenvalue weighted by atomic mass is 79.9. The normalized spacial score (nSPS) is 18.2. The van der Waals surface area contributed by atoms with Gasteiger partial charge in [0, 0.05) is 30.1 Å². The third-order valence-electron chi connectivity index (χ3n) is 3.59. The van der Waals surface area contributed by atoms with Gasteiger partial charge in [0.2, 0.25) is 5.09 Å². The van der Waals surface area contributed by atoms with Crippen LogP contribution in [0.1, 0.15) is 28.6 Å². The summed E-state index contributed by atoms with van der Waals surface area (Å²) in [6.45, 7) is 3.05. The molecule has 0 aromatic carbocycles. The van der Waals surface area contributed by atoms with E-state index in [2.05, 4.69) is 20.9 Å². The molecule has 3 heterocycles. The number of thiazole rings is 1. The lowest BCUT2D eigenvalue weighted by Crippen LogP contribution is -2.37. The molecule has 1 fully saturated rings. The van der Waals surface area contributed by atoms with E-state index in [0.29, 0.717) is 23.7 Å². The molecule has 1 aliphatic rings. The first-order valence-corrected chi connectivity index (χ1v) is 9.69. The van der Waals surface area contributed by atoms with Crippen LogP contribution in [-0.2, 0) is 10.0 Å². The number of rotatable bonds is 3. The Morgan fingerprint density at radius 1 is 1.38 bits per heavy atom. The van der Waals surface area contributed by atoms with Gasteiger partial charge in [-0.1, -0.05) is 0 Å². The van der Waals surface area contributed by atoms with Crippen molar-refractivity contribution >= 4 is 37.3 Å². The summed E-state index contributed by atoms with van der Waals surface area (Å²) in [5.41, 5.74) is 0.